The molecule has 0 bridgehead atoms. The van der Waals surface area contributed by atoms with Crippen LogP contribution in [0.25, 0.3) is 0 Å². The van der Waals surface area contributed by atoms with Gasteiger partial charge in [-0.15, -0.1) is 0 Å². The maximum Gasteiger partial charge on any atom is 0.161 e. The van der Waals surface area contributed by atoms with Crippen molar-refractivity contribution in [2.24, 2.45) is 0 Å². The molecule has 17 heavy (non-hydrogen) atoms. The van der Waals surface area contributed by atoms with Gasteiger partial charge in [-0.25, -0.2) is 0 Å². The lowest BCUT2D eigenvalue weighted by Gasteiger charge is -2.12. The summed E-state index contributed by atoms with van der Waals surface area (Å²) in [5.41, 5.74) is 1.10. The van der Waals surface area contributed by atoms with Crippen LogP contribution < -0.4 is 14.8 Å². The summed E-state index contributed by atoms with van der Waals surface area (Å²) in [7, 11) is 1.63. The number of aliphatic hydroxyl groups is 1. The van der Waals surface area contributed by atoms with Crippen LogP contribution in [0.5, 0.6) is 11.5 Å². The van der Waals surface area contributed by atoms with Gasteiger partial charge in [0.15, 0.2) is 11.5 Å². The van der Waals surface area contributed by atoms with Crippen molar-refractivity contribution in [2.45, 2.75) is 26.5 Å². The van der Waals surface area contributed by atoms with Crippen molar-refractivity contribution in [3.63, 3.8) is 0 Å². The van der Waals surface area contributed by atoms with Crippen molar-refractivity contribution in [1.29, 1.82) is 0 Å². The molecule has 0 radical (unpaired) electrons. The molecule has 0 heterocycles. The minimum Gasteiger partial charge on any atom is -0.493 e. The molecule has 0 fully saturated rings. The van der Waals surface area contributed by atoms with Gasteiger partial charge in [-0.05, 0) is 31.5 Å². The highest BCUT2D eigenvalue weighted by Gasteiger charge is 2.05. The average Bonchev–Trinajstić information content (AvgIpc) is 2.30. The highest BCUT2D eigenvalue weighted by Crippen LogP contribution is 2.27. The summed E-state index contributed by atoms with van der Waals surface area (Å²) in [5.74, 6) is 1.50. The standard InChI is InChI=1S/C13H21NO3/c1-4-17-12-6-5-11(7-13(12)16-3)9-14-8-10(2)15/h5-7,10,14-15H,4,8-9H2,1-3H3/t10-/m1/s1. The van der Waals surface area contributed by atoms with E-state index in [-0.39, 0.29) is 6.10 Å². The molecule has 0 unspecified atom stereocenters. The summed E-state index contributed by atoms with van der Waals surface area (Å²) in [6, 6.07) is 5.84. The van der Waals surface area contributed by atoms with Gasteiger partial charge >= 0.3 is 0 Å². The van der Waals surface area contributed by atoms with E-state index in [1.165, 1.54) is 0 Å². The molecule has 0 aliphatic carbocycles. The molecule has 4 nitrogen and oxygen atoms in total. The minimum atomic E-state index is -0.334. The van der Waals surface area contributed by atoms with Crippen LogP contribution in [0.1, 0.15) is 19.4 Å². The lowest BCUT2D eigenvalue weighted by Crippen LogP contribution is -2.23. The molecule has 4 heteroatoms. The smallest absolute Gasteiger partial charge is 0.161 e. The van der Waals surface area contributed by atoms with Crippen molar-refractivity contribution in [1.82, 2.24) is 5.32 Å². The SMILES string of the molecule is CCOc1ccc(CNC[C@@H](C)O)cc1OC. The third-order valence-electron chi connectivity index (χ3n) is 2.30. The molecule has 1 aromatic carbocycles. The quantitative estimate of drug-likeness (QED) is 0.758. The van der Waals surface area contributed by atoms with Crippen LogP contribution >= 0.6 is 0 Å². The Morgan fingerprint density at radius 2 is 2.12 bits per heavy atom. The largest absolute Gasteiger partial charge is 0.493 e. The summed E-state index contributed by atoms with van der Waals surface area (Å²) in [6.45, 7) is 5.60. The second-order valence-corrected chi connectivity index (χ2v) is 3.90. The second kappa shape index (κ2) is 7.14. The molecule has 0 saturated heterocycles. The fourth-order valence-electron chi connectivity index (χ4n) is 1.52. The molecular formula is C13H21NO3. The maximum atomic E-state index is 9.14. The summed E-state index contributed by atoms with van der Waals surface area (Å²) in [6.07, 6.45) is -0.334. The van der Waals surface area contributed by atoms with Crippen molar-refractivity contribution >= 4 is 0 Å². The molecule has 1 atom stereocenters. The third kappa shape index (κ3) is 4.63. The topological polar surface area (TPSA) is 50.7 Å². The van der Waals surface area contributed by atoms with Gasteiger partial charge in [-0.1, -0.05) is 6.07 Å². The Labute approximate surface area is 103 Å². The predicted molar refractivity (Wildman–Crippen MR) is 67.6 cm³/mol. The number of rotatable bonds is 7. The molecule has 2 N–H and O–H groups in total. The van der Waals surface area contributed by atoms with Gasteiger partial charge in [-0.2, -0.15) is 0 Å². The number of benzene rings is 1. The van der Waals surface area contributed by atoms with E-state index in [9.17, 15) is 0 Å². The van der Waals surface area contributed by atoms with E-state index in [1.54, 1.807) is 14.0 Å². The van der Waals surface area contributed by atoms with E-state index in [4.69, 9.17) is 14.6 Å². The van der Waals surface area contributed by atoms with Crippen molar-refractivity contribution in [3.05, 3.63) is 23.8 Å². The number of nitrogens with one attached hydrogen (secondary N) is 1. The first-order valence-corrected chi connectivity index (χ1v) is 5.85. The molecule has 0 aliphatic heterocycles. The maximum absolute atomic E-state index is 9.14. The van der Waals surface area contributed by atoms with Crippen LogP contribution in [0.4, 0.5) is 0 Å². The molecule has 0 aromatic heterocycles. The zero-order chi connectivity index (χ0) is 12.7. The number of methoxy groups -OCH3 is 1. The Morgan fingerprint density at radius 1 is 1.35 bits per heavy atom. The second-order valence-electron chi connectivity index (χ2n) is 3.90. The van der Waals surface area contributed by atoms with Gasteiger partial charge in [0.25, 0.3) is 0 Å². The Kier molecular flexibility index (Phi) is 5.80. The van der Waals surface area contributed by atoms with Gasteiger partial charge in [0, 0.05) is 13.1 Å². The summed E-state index contributed by atoms with van der Waals surface area (Å²) < 4.78 is 10.7. The molecular weight excluding hydrogens is 218 g/mol. The molecule has 0 aliphatic rings. The number of hydrogen-bond donors (Lipinski definition) is 2. The zero-order valence-corrected chi connectivity index (χ0v) is 10.7. The Morgan fingerprint density at radius 3 is 2.71 bits per heavy atom. The van der Waals surface area contributed by atoms with Crippen LogP contribution in [-0.4, -0.2) is 31.5 Å². The molecule has 1 aromatic rings. The van der Waals surface area contributed by atoms with Gasteiger partial charge in [-0.3, -0.25) is 0 Å². The van der Waals surface area contributed by atoms with Crippen molar-refractivity contribution in [2.75, 3.05) is 20.3 Å². The highest BCUT2D eigenvalue weighted by molar-refractivity contribution is 5.42. The number of ether oxygens (including phenoxy) is 2. The first kappa shape index (κ1) is 13.8. The Hall–Kier alpha value is -1.26. The zero-order valence-electron chi connectivity index (χ0n) is 10.7. The first-order valence-electron chi connectivity index (χ1n) is 5.85. The fourth-order valence-corrected chi connectivity index (χ4v) is 1.52. The Bertz CT molecular complexity index is 339. The van der Waals surface area contributed by atoms with Gasteiger partial charge in [0.05, 0.1) is 19.8 Å². The van der Waals surface area contributed by atoms with Crippen LogP contribution in [-0.2, 0) is 6.54 Å². The summed E-state index contributed by atoms with van der Waals surface area (Å²) in [5, 5.41) is 12.3. The number of aliphatic hydroxyl groups excluding tert-OH is 1. The van der Waals surface area contributed by atoms with E-state index < -0.39 is 0 Å². The van der Waals surface area contributed by atoms with E-state index in [0.717, 1.165) is 17.1 Å². The lowest BCUT2D eigenvalue weighted by atomic mass is 10.2. The number of hydrogen-bond acceptors (Lipinski definition) is 4. The van der Waals surface area contributed by atoms with Crippen LogP contribution in [0.2, 0.25) is 0 Å². The van der Waals surface area contributed by atoms with E-state index >= 15 is 0 Å². The van der Waals surface area contributed by atoms with E-state index in [1.807, 2.05) is 25.1 Å². The van der Waals surface area contributed by atoms with E-state index in [0.29, 0.717) is 19.7 Å². The minimum absolute atomic E-state index is 0.334. The third-order valence-corrected chi connectivity index (χ3v) is 2.30. The molecule has 1 rings (SSSR count). The average molecular weight is 239 g/mol. The lowest BCUT2D eigenvalue weighted by molar-refractivity contribution is 0.191. The monoisotopic (exact) mass is 239 g/mol. The Balaban J connectivity index is 2.62. The first-order chi connectivity index (χ1) is 8.17. The predicted octanol–water partition coefficient (Wildman–Crippen LogP) is 1.56. The van der Waals surface area contributed by atoms with Crippen molar-refractivity contribution in [3.8, 4) is 11.5 Å². The molecule has 0 amide bonds. The van der Waals surface area contributed by atoms with Gasteiger partial charge in [0.2, 0.25) is 0 Å². The van der Waals surface area contributed by atoms with Crippen LogP contribution in [0.3, 0.4) is 0 Å². The van der Waals surface area contributed by atoms with Crippen LogP contribution in [0, 0.1) is 0 Å². The normalized spacial score (nSPS) is 12.2. The van der Waals surface area contributed by atoms with Crippen LogP contribution in [0.15, 0.2) is 18.2 Å². The molecule has 0 saturated carbocycles. The summed E-state index contributed by atoms with van der Waals surface area (Å²) >= 11 is 0. The molecule has 0 spiro atoms. The van der Waals surface area contributed by atoms with Crippen molar-refractivity contribution < 1.29 is 14.6 Å². The van der Waals surface area contributed by atoms with Gasteiger partial charge in [0.1, 0.15) is 0 Å². The molecule has 96 valence electrons. The highest BCUT2D eigenvalue weighted by atomic mass is 16.5. The fraction of sp³-hybridized carbons (Fsp3) is 0.538. The van der Waals surface area contributed by atoms with E-state index in [2.05, 4.69) is 5.32 Å². The van der Waals surface area contributed by atoms with Gasteiger partial charge < -0.3 is 19.9 Å². The summed E-state index contributed by atoms with van der Waals surface area (Å²) in [4.78, 5) is 0.